The molecule has 0 spiro atoms. The molecule has 0 atom stereocenters. The third-order valence-corrected chi connectivity index (χ3v) is 2.56. The van der Waals surface area contributed by atoms with Crippen molar-refractivity contribution >= 4 is 17.4 Å². The molecule has 1 rings (SSSR count). The number of halogens is 3. The molecule has 104 valence electrons. The van der Waals surface area contributed by atoms with Gasteiger partial charge in [0, 0.05) is 12.1 Å². The number of oxime groups is 1. The van der Waals surface area contributed by atoms with Crippen LogP contribution in [0.15, 0.2) is 17.3 Å². The molecule has 4 N–H and O–H groups in total. The molecule has 0 fully saturated rings. The van der Waals surface area contributed by atoms with Gasteiger partial charge in [0.05, 0.1) is 5.69 Å². The number of nitrogens with two attached hydrogens (primary N) is 1. The molecule has 0 heterocycles. The van der Waals surface area contributed by atoms with E-state index < -0.39 is 40.3 Å². The van der Waals surface area contributed by atoms with Crippen molar-refractivity contribution in [2.24, 2.45) is 16.3 Å². The summed E-state index contributed by atoms with van der Waals surface area (Å²) < 4.78 is 39.2. The van der Waals surface area contributed by atoms with E-state index in [1.165, 1.54) is 13.8 Å². The van der Waals surface area contributed by atoms with Gasteiger partial charge in [-0.3, -0.25) is 4.79 Å². The largest absolute Gasteiger partial charge is 0.409 e. The van der Waals surface area contributed by atoms with Gasteiger partial charge in [0.15, 0.2) is 17.5 Å². The van der Waals surface area contributed by atoms with Crippen molar-refractivity contribution in [3.8, 4) is 0 Å². The second-order valence-corrected chi connectivity index (χ2v) is 4.31. The molecule has 0 bridgehead atoms. The fourth-order valence-electron chi connectivity index (χ4n) is 1.17. The van der Waals surface area contributed by atoms with Crippen LogP contribution in [0.4, 0.5) is 18.9 Å². The smallest absolute Gasteiger partial charge is 0.237 e. The highest BCUT2D eigenvalue weighted by atomic mass is 19.2. The molecule has 0 unspecified atom stereocenters. The molecule has 0 aliphatic heterocycles. The lowest BCUT2D eigenvalue weighted by Gasteiger charge is -2.21. The van der Waals surface area contributed by atoms with Gasteiger partial charge in [-0.05, 0) is 13.8 Å². The Morgan fingerprint density at radius 1 is 1.37 bits per heavy atom. The molecule has 8 heteroatoms. The number of nitrogens with one attached hydrogen (secondary N) is 1. The van der Waals surface area contributed by atoms with Crippen molar-refractivity contribution < 1.29 is 23.2 Å². The fraction of sp³-hybridized carbons (Fsp3) is 0.273. The predicted octanol–water partition coefficient (Wildman–Crippen LogP) is 1.82. The van der Waals surface area contributed by atoms with Crippen molar-refractivity contribution in [1.29, 1.82) is 0 Å². The molecule has 1 aromatic carbocycles. The van der Waals surface area contributed by atoms with E-state index in [0.717, 1.165) is 0 Å². The van der Waals surface area contributed by atoms with Crippen LogP contribution in [-0.2, 0) is 4.79 Å². The Morgan fingerprint density at radius 2 is 1.95 bits per heavy atom. The SMILES string of the molecule is CC(C)(C(=O)Nc1cc(F)cc(F)c1F)C(N)=NO. The van der Waals surface area contributed by atoms with Gasteiger partial charge in [-0.25, -0.2) is 13.2 Å². The third-order valence-electron chi connectivity index (χ3n) is 2.56. The molecule has 5 nitrogen and oxygen atoms in total. The molecule has 0 saturated heterocycles. The first-order valence-corrected chi connectivity index (χ1v) is 5.14. The summed E-state index contributed by atoms with van der Waals surface area (Å²) >= 11 is 0. The Kier molecular flexibility index (Phi) is 4.03. The summed E-state index contributed by atoms with van der Waals surface area (Å²) in [5.74, 6) is -5.19. The normalized spacial score (nSPS) is 12.4. The van der Waals surface area contributed by atoms with Gasteiger partial charge in [-0.2, -0.15) is 0 Å². The Morgan fingerprint density at radius 3 is 2.47 bits per heavy atom. The Balaban J connectivity index is 3.08. The number of carbonyl (C=O) groups is 1. The minimum absolute atomic E-state index is 0.347. The van der Waals surface area contributed by atoms with Crippen LogP contribution in [0.25, 0.3) is 0 Å². The minimum Gasteiger partial charge on any atom is -0.409 e. The summed E-state index contributed by atoms with van der Waals surface area (Å²) in [5.41, 5.74) is 3.15. The monoisotopic (exact) mass is 275 g/mol. The summed E-state index contributed by atoms with van der Waals surface area (Å²) in [7, 11) is 0. The minimum atomic E-state index is -1.48. The van der Waals surface area contributed by atoms with E-state index in [4.69, 9.17) is 10.9 Å². The molecule has 0 saturated carbocycles. The molecular weight excluding hydrogens is 263 g/mol. The van der Waals surface area contributed by atoms with Crippen molar-refractivity contribution in [2.45, 2.75) is 13.8 Å². The lowest BCUT2D eigenvalue weighted by Crippen LogP contribution is -2.42. The van der Waals surface area contributed by atoms with Crippen molar-refractivity contribution in [3.05, 3.63) is 29.6 Å². The summed E-state index contributed by atoms with van der Waals surface area (Å²) in [6.45, 7) is 2.59. The van der Waals surface area contributed by atoms with Gasteiger partial charge in [0.2, 0.25) is 5.91 Å². The zero-order valence-electron chi connectivity index (χ0n) is 10.2. The van der Waals surface area contributed by atoms with Crippen LogP contribution in [0.1, 0.15) is 13.8 Å². The highest BCUT2D eigenvalue weighted by molar-refractivity contribution is 6.11. The summed E-state index contributed by atoms with van der Waals surface area (Å²) in [6, 6.07) is 0.971. The van der Waals surface area contributed by atoms with E-state index in [-0.39, 0.29) is 0 Å². The maximum absolute atomic E-state index is 13.3. The third kappa shape index (κ3) is 2.95. The number of hydrogen-bond donors (Lipinski definition) is 3. The Labute approximate surface area is 106 Å². The topological polar surface area (TPSA) is 87.7 Å². The van der Waals surface area contributed by atoms with Gasteiger partial charge < -0.3 is 16.3 Å². The van der Waals surface area contributed by atoms with Crippen LogP contribution >= 0.6 is 0 Å². The fourth-order valence-corrected chi connectivity index (χ4v) is 1.17. The summed E-state index contributed by atoms with van der Waals surface area (Å²) in [4.78, 5) is 11.8. The van der Waals surface area contributed by atoms with Gasteiger partial charge in [-0.15, -0.1) is 0 Å². The zero-order valence-corrected chi connectivity index (χ0v) is 10.2. The number of amides is 1. The zero-order chi connectivity index (χ0) is 14.8. The Hall–Kier alpha value is -2.25. The molecule has 1 aromatic rings. The van der Waals surface area contributed by atoms with Gasteiger partial charge in [0.25, 0.3) is 0 Å². The van der Waals surface area contributed by atoms with Crippen molar-refractivity contribution in [1.82, 2.24) is 0 Å². The van der Waals surface area contributed by atoms with Crippen LogP contribution in [0.5, 0.6) is 0 Å². The molecular formula is C11H12F3N3O2. The second kappa shape index (κ2) is 5.17. The second-order valence-electron chi connectivity index (χ2n) is 4.31. The molecule has 1 amide bonds. The molecule has 0 aromatic heterocycles. The van der Waals surface area contributed by atoms with E-state index >= 15 is 0 Å². The molecule has 19 heavy (non-hydrogen) atoms. The maximum atomic E-state index is 13.3. The lowest BCUT2D eigenvalue weighted by molar-refractivity contribution is -0.121. The number of amidine groups is 1. The van der Waals surface area contributed by atoms with Crippen molar-refractivity contribution in [2.75, 3.05) is 5.32 Å². The van der Waals surface area contributed by atoms with Gasteiger partial charge >= 0.3 is 0 Å². The van der Waals surface area contributed by atoms with Crippen LogP contribution in [0, 0.1) is 22.9 Å². The van der Waals surface area contributed by atoms with Gasteiger partial charge in [0.1, 0.15) is 11.2 Å². The van der Waals surface area contributed by atoms with E-state index in [0.29, 0.717) is 12.1 Å². The van der Waals surface area contributed by atoms with E-state index in [1.54, 1.807) is 0 Å². The molecule has 0 radical (unpaired) electrons. The van der Waals surface area contributed by atoms with Crippen molar-refractivity contribution in [3.63, 3.8) is 0 Å². The standard InChI is InChI=1S/C11H12F3N3O2/c1-11(2,9(15)17-19)10(18)16-7-4-5(12)3-6(13)8(7)14/h3-4,19H,1-2H3,(H2,15,17)(H,16,18). The molecule has 0 aliphatic carbocycles. The average molecular weight is 275 g/mol. The first-order valence-electron chi connectivity index (χ1n) is 5.14. The average Bonchev–Trinajstić information content (AvgIpc) is 2.33. The van der Waals surface area contributed by atoms with Crippen LogP contribution in [-0.4, -0.2) is 17.0 Å². The number of rotatable bonds is 3. The van der Waals surface area contributed by atoms with E-state index in [2.05, 4.69) is 5.16 Å². The van der Waals surface area contributed by atoms with Crippen LogP contribution in [0.2, 0.25) is 0 Å². The first-order chi connectivity index (χ1) is 8.70. The number of nitrogens with zero attached hydrogens (tertiary/aromatic N) is 1. The lowest BCUT2D eigenvalue weighted by atomic mass is 9.91. The summed E-state index contributed by atoms with van der Waals surface area (Å²) in [5, 5.41) is 13.2. The number of carbonyl (C=O) groups excluding carboxylic acids is 1. The molecule has 0 aliphatic rings. The van der Waals surface area contributed by atoms with E-state index in [9.17, 15) is 18.0 Å². The first kappa shape index (κ1) is 14.8. The van der Waals surface area contributed by atoms with Gasteiger partial charge in [-0.1, -0.05) is 5.16 Å². The van der Waals surface area contributed by atoms with Crippen LogP contribution < -0.4 is 11.1 Å². The Bertz CT molecular complexity index is 544. The maximum Gasteiger partial charge on any atom is 0.237 e. The highest BCUT2D eigenvalue weighted by Gasteiger charge is 2.33. The highest BCUT2D eigenvalue weighted by Crippen LogP contribution is 2.23. The number of hydrogen-bond acceptors (Lipinski definition) is 3. The predicted molar refractivity (Wildman–Crippen MR) is 62.1 cm³/mol. The number of anilines is 1. The number of benzene rings is 1. The van der Waals surface area contributed by atoms with Crippen LogP contribution in [0.3, 0.4) is 0 Å². The quantitative estimate of drug-likeness (QED) is 0.258. The summed E-state index contributed by atoms with van der Waals surface area (Å²) in [6.07, 6.45) is 0. The van der Waals surface area contributed by atoms with E-state index in [1.807, 2.05) is 5.32 Å².